The molecule has 2 rings (SSSR count). The zero-order valence-corrected chi connectivity index (χ0v) is 13.5. The number of ketones is 1. The number of nitrogens with zero attached hydrogens (tertiary/aromatic N) is 3. The average molecular weight is 381 g/mol. The van der Waals surface area contributed by atoms with Gasteiger partial charge in [-0.15, -0.1) is 10.2 Å². The van der Waals surface area contributed by atoms with E-state index in [0.29, 0.717) is 5.56 Å². The highest BCUT2D eigenvalue weighted by Crippen LogP contribution is 2.11. The lowest BCUT2D eigenvalue weighted by Crippen LogP contribution is -2.22. The standard InChI is InChI=1S/C14H13BrN4O4/c15-11-3-1-10(2-4-11)12(20)7-23-14(22)6-5-13(21)18-19-8-16-17-9-19/h1-4,8-9H,5-7H2,(H,18,21). The molecule has 0 bridgehead atoms. The summed E-state index contributed by atoms with van der Waals surface area (Å²) in [5, 5.41) is 7.04. The van der Waals surface area contributed by atoms with Crippen molar-refractivity contribution < 1.29 is 19.1 Å². The van der Waals surface area contributed by atoms with Crippen LogP contribution in [0.2, 0.25) is 0 Å². The smallest absolute Gasteiger partial charge is 0.306 e. The summed E-state index contributed by atoms with van der Waals surface area (Å²) >= 11 is 3.27. The summed E-state index contributed by atoms with van der Waals surface area (Å²) in [4.78, 5) is 34.9. The van der Waals surface area contributed by atoms with Gasteiger partial charge in [0, 0.05) is 16.5 Å². The molecular formula is C14H13BrN4O4. The second-order valence-corrected chi connectivity index (χ2v) is 5.41. The number of nitrogens with one attached hydrogen (secondary N) is 1. The van der Waals surface area contributed by atoms with Crippen molar-refractivity contribution >= 4 is 33.6 Å². The molecule has 0 aliphatic carbocycles. The van der Waals surface area contributed by atoms with Crippen LogP contribution in [-0.4, -0.2) is 39.1 Å². The number of ether oxygens (including phenoxy) is 1. The van der Waals surface area contributed by atoms with Crippen molar-refractivity contribution in [1.82, 2.24) is 14.9 Å². The van der Waals surface area contributed by atoms with Gasteiger partial charge in [0.1, 0.15) is 12.7 Å². The highest BCUT2D eigenvalue weighted by Gasteiger charge is 2.12. The van der Waals surface area contributed by atoms with Crippen molar-refractivity contribution in [2.24, 2.45) is 0 Å². The molecule has 23 heavy (non-hydrogen) atoms. The summed E-state index contributed by atoms with van der Waals surface area (Å²) in [5.41, 5.74) is 2.90. The average Bonchev–Trinajstić information content (AvgIpc) is 3.04. The molecule has 8 nitrogen and oxygen atoms in total. The first-order valence-corrected chi connectivity index (χ1v) is 7.43. The molecule has 1 amide bonds. The zero-order valence-electron chi connectivity index (χ0n) is 11.9. The highest BCUT2D eigenvalue weighted by molar-refractivity contribution is 9.10. The molecule has 0 radical (unpaired) electrons. The van der Waals surface area contributed by atoms with Gasteiger partial charge in [-0.1, -0.05) is 28.1 Å². The molecule has 1 aromatic heterocycles. The number of rotatable bonds is 7. The predicted octanol–water partition coefficient (Wildman–Crippen LogP) is 1.32. The summed E-state index contributed by atoms with van der Waals surface area (Å²) < 4.78 is 6.98. The summed E-state index contributed by atoms with van der Waals surface area (Å²) in [7, 11) is 0. The largest absolute Gasteiger partial charge is 0.457 e. The number of Topliss-reactive ketones (excluding diaryl/α,β-unsaturated/α-hetero) is 1. The van der Waals surface area contributed by atoms with Gasteiger partial charge in [-0.3, -0.25) is 19.8 Å². The molecule has 2 aromatic rings. The lowest BCUT2D eigenvalue weighted by atomic mass is 10.1. The number of hydrogen-bond acceptors (Lipinski definition) is 6. The van der Waals surface area contributed by atoms with E-state index >= 15 is 0 Å². The number of carbonyl (C=O) groups excluding carboxylic acids is 3. The molecule has 0 atom stereocenters. The van der Waals surface area contributed by atoms with Crippen LogP contribution in [0.25, 0.3) is 0 Å². The molecule has 0 saturated heterocycles. The van der Waals surface area contributed by atoms with Gasteiger partial charge in [0.05, 0.1) is 6.42 Å². The molecule has 1 heterocycles. The number of esters is 1. The minimum atomic E-state index is -0.616. The fourth-order valence-electron chi connectivity index (χ4n) is 1.61. The second-order valence-electron chi connectivity index (χ2n) is 4.49. The van der Waals surface area contributed by atoms with Gasteiger partial charge in [-0.05, 0) is 12.1 Å². The van der Waals surface area contributed by atoms with Gasteiger partial charge >= 0.3 is 5.97 Å². The van der Waals surface area contributed by atoms with Gasteiger partial charge in [-0.25, -0.2) is 4.68 Å². The minimum Gasteiger partial charge on any atom is -0.457 e. The van der Waals surface area contributed by atoms with Crippen LogP contribution >= 0.6 is 15.9 Å². The van der Waals surface area contributed by atoms with E-state index in [9.17, 15) is 14.4 Å². The van der Waals surface area contributed by atoms with Crippen LogP contribution in [0.1, 0.15) is 23.2 Å². The molecule has 1 N–H and O–H groups in total. The van der Waals surface area contributed by atoms with Crippen molar-refractivity contribution in [3.8, 4) is 0 Å². The molecule has 0 aliphatic rings. The Hall–Kier alpha value is -2.55. The lowest BCUT2D eigenvalue weighted by molar-refractivity contribution is -0.143. The maximum Gasteiger partial charge on any atom is 0.306 e. The van der Waals surface area contributed by atoms with Crippen LogP contribution in [0.3, 0.4) is 0 Å². The quantitative estimate of drug-likeness (QED) is 0.573. The van der Waals surface area contributed by atoms with Gasteiger partial charge in [0.15, 0.2) is 12.4 Å². The molecule has 9 heteroatoms. The number of benzene rings is 1. The third-order valence-electron chi connectivity index (χ3n) is 2.76. The van der Waals surface area contributed by atoms with Crippen molar-refractivity contribution in [2.45, 2.75) is 12.8 Å². The van der Waals surface area contributed by atoms with Gasteiger partial charge in [-0.2, -0.15) is 0 Å². The van der Waals surface area contributed by atoms with Gasteiger partial charge in [0.25, 0.3) is 0 Å². The van der Waals surface area contributed by atoms with Crippen molar-refractivity contribution in [3.63, 3.8) is 0 Å². The molecule has 0 spiro atoms. The van der Waals surface area contributed by atoms with E-state index < -0.39 is 5.97 Å². The zero-order chi connectivity index (χ0) is 16.7. The van der Waals surface area contributed by atoms with Crippen molar-refractivity contribution in [3.05, 3.63) is 47.0 Å². The Balaban J connectivity index is 1.69. The Bertz CT molecular complexity index is 685. The first kappa shape index (κ1) is 16.8. The normalized spacial score (nSPS) is 10.1. The highest BCUT2D eigenvalue weighted by atomic mass is 79.9. The molecule has 0 aliphatic heterocycles. The third-order valence-corrected chi connectivity index (χ3v) is 3.29. The summed E-state index contributed by atoms with van der Waals surface area (Å²) in [5.74, 6) is -1.31. The van der Waals surface area contributed by atoms with E-state index in [1.807, 2.05) is 0 Å². The van der Waals surface area contributed by atoms with Crippen LogP contribution < -0.4 is 5.43 Å². The number of hydrogen-bond donors (Lipinski definition) is 1. The Labute approximate surface area is 139 Å². The number of amides is 1. The fraction of sp³-hybridized carbons (Fsp3) is 0.214. The SMILES string of the molecule is O=C(CCC(=O)OCC(=O)c1ccc(Br)cc1)Nn1cnnc1. The Kier molecular flexibility index (Phi) is 5.98. The Morgan fingerprint density at radius 2 is 1.74 bits per heavy atom. The maximum absolute atomic E-state index is 11.8. The van der Waals surface area contributed by atoms with Gasteiger partial charge < -0.3 is 4.74 Å². The minimum absolute atomic E-state index is 0.0660. The van der Waals surface area contributed by atoms with E-state index in [1.165, 1.54) is 17.3 Å². The molecule has 0 fully saturated rings. The van der Waals surface area contributed by atoms with Crippen molar-refractivity contribution in [1.29, 1.82) is 0 Å². The second kappa shape index (κ2) is 8.18. The summed E-state index contributed by atoms with van der Waals surface area (Å²) in [6, 6.07) is 6.72. The molecule has 1 aromatic carbocycles. The number of aromatic nitrogens is 3. The van der Waals surface area contributed by atoms with Crippen LogP contribution in [0.15, 0.2) is 41.4 Å². The third kappa shape index (κ3) is 5.62. The monoisotopic (exact) mass is 380 g/mol. The van der Waals surface area contributed by atoms with Crippen LogP contribution in [0.5, 0.6) is 0 Å². The number of halogens is 1. The van der Waals surface area contributed by atoms with Crippen molar-refractivity contribution in [2.75, 3.05) is 12.0 Å². The van der Waals surface area contributed by atoms with Crippen LogP contribution in [-0.2, 0) is 14.3 Å². The molecule has 0 saturated carbocycles. The van der Waals surface area contributed by atoms with E-state index in [4.69, 9.17) is 4.74 Å². The van der Waals surface area contributed by atoms with Gasteiger partial charge in [0.2, 0.25) is 5.91 Å². The molecular weight excluding hydrogens is 368 g/mol. The van der Waals surface area contributed by atoms with Crippen LogP contribution in [0, 0.1) is 0 Å². The van der Waals surface area contributed by atoms with Crippen LogP contribution in [0.4, 0.5) is 0 Å². The van der Waals surface area contributed by atoms with E-state index in [0.717, 1.165) is 4.47 Å². The van der Waals surface area contributed by atoms with E-state index in [2.05, 4.69) is 31.6 Å². The Morgan fingerprint density at radius 1 is 1.09 bits per heavy atom. The van der Waals surface area contributed by atoms with E-state index in [1.54, 1.807) is 24.3 Å². The summed E-state index contributed by atoms with van der Waals surface area (Å²) in [6.07, 6.45) is 2.44. The lowest BCUT2D eigenvalue weighted by Gasteiger charge is -2.06. The molecule has 120 valence electrons. The number of carbonyl (C=O) groups is 3. The Morgan fingerprint density at radius 3 is 2.39 bits per heavy atom. The fourth-order valence-corrected chi connectivity index (χ4v) is 1.88. The maximum atomic E-state index is 11.8. The molecule has 0 unspecified atom stereocenters. The first-order valence-electron chi connectivity index (χ1n) is 6.63. The first-order chi connectivity index (χ1) is 11.0. The predicted molar refractivity (Wildman–Crippen MR) is 83.1 cm³/mol. The topological polar surface area (TPSA) is 103 Å². The summed E-state index contributed by atoms with van der Waals surface area (Å²) in [6.45, 7) is -0.354. The van der Waals surface area contributed by atoms with E-state index in [-0.39, 0.29) is 31.1 Å².